The molecular formula is C22H30F3N3O4. The van der Waals surface area contributed by atoms with Crippen molar-refractivity contribution in [3.8, 4) is 0 Å². The molecule has 3 rings (SSSR count). The van der Waals surface area contributed by atoms with Crippen LogP contribution in [0, 0.1) is 5.92 Å². The number of nitrogens with one attached hydrogen (secondary N) is 1. The van der Waals surface area contributed by atoms with Gasteiger partial charge in [0.25, 0.3) is 0 Å². The third-order valence-corrected chi connectivity index (χ3v) is 5.66. The SMILES string of the molecule is CC(C)NC(=O)OCC1CC(c2ccc(C(F)(F)F)cc2)CN(C(=O)N2CCOCC2)C1. The third kappa shape index (κ3) is 6.51. The fourth-order valence-electron chi connectivity index (χ4n) is 4.09. The fourth-order valence-corrected chi connectivity index (χ4v) is 4.09. The van der Waals surface area contributed by atoms with Gasteiger partial charge in [-0.2, -0.15) is 13.2 Å². The molecule has 32 heavy (non-hydrogen) atoms. The van der Waals surface area contributed by atoms with Crippen LogP contribution in [0.25, 0.3) is 0 Å². The van der Waals surface area contributed by atoms with Crippen molar-refractivity contribution in [3.63, 3.8) is 0 Å². The summed E-state index contributed by atoms with van der Waals surface area (Å²) < 4.78 is 49.5. The topological polar surface area (TPSA) is 71.1 Å². The Balaban J connectivity index is 1.73. The molecule has 0 aromatic heterocycles. The van der Waals surface area contributed by atoms with Gasteiger partial charge in [-0.3, -0.25) is 0 Å². The quantitative estimate of drug-likeness (QED) is 0.749. The van der Waals surface area contributed by atoms with Gasteiger partial charge in [0, 0.05) is 44.1 Å². The number of urea groups is 1. The Labute approximate surface area is 185 Å². The average molecular weight is 457 g/mol. The highest BCUT2D eigenvalue weighted by Gasteiger charge is 2.35. The van der Waals surface area contributed by atoms with Crippen LogP contribution in [0.3, 0.4) is 0 Å². The standard InChI is InChI=1S/C22H30F3N3O4/c1-15(2)26-20(29)32-14-16-11-18(17-3-5-19(6-4-17)22(23,24)25)13-28(12-16)21(30)27-7-9-31-10-8-27/h3-6,15-16,18H,7-14H2,1-2H3,(H,26,29). The number of hydrogen-bond donors (Lipinski definition) is 1. The van der Waals surface area contributed by atoms with E-state index in [1.165, 1.54) is 12.1 Å². The zero-order valence-corrected chi connectivity index (χ0v) is 18.4. The number of halogens is 3. The van der Waals surface area contributed by atoms with Crippen LogP contribution in [0.1, 0.15) is 37.3 Å². The molecule has 3 amide bonds. The number of alkyl carbamates (subject to hydrolysis) is 1. The molecule has 2 aliphatic rings. The van der Waals surface area contributed by atoms with E-state index in [0.29, 0.717) is 45.8 Å². The highest BCUT2D eigenvalue weighted by molar-refractivity contribution is 5.75. The van der Waals surface area contributed by atoms with Crippen molar-refractivity contribution < 1.29 is 32.2 Å². The van der Waals surface area contributed by atoms with E-state index in [1.807, 2.05) is 13.8 Å². The van der Waals surface area contributed by atoms with Gasteiger partial charge in [-0.05, 0) is 38.0 Å². The van der Waals surface area contributed by atoms with Crippen molar-refractivity contribution in [2.45, 2.75) is 38.4 Å². The number of likely N-dealkylation sites (tertiary alicyclic amines) is 1. The van der Waals surface area contributed by atoms with Gasteiger partial charge < -0.3 is 24.6 Å². The van der Waals surface area contributed by atoms with Crippen LogP contribution in [0.15, 0.2) is 24.3 Å². The first-order valence-corrected chi connectivity index (χ1v) is 10.9. The van der Waals surface area contributed by atoms with Crippen LogP contribution in [-0.2, 0) is 15.7 Å². The molecule has 2 fully saturated rings. The maximum atomic E-state index is 13.1. The van der Waals surface area contributed by atoms with E-state index in [-0.39, 0.29) is 30.5 Å². The van der Waals surface area contributed by atoms with Crippen LogP contribution in [-0.4, -0.2) is 74.0 Å². The van der Waals surface area contributed by atoms with Gasteiger partial charge >= 0.3 is 18.3 Å². The lowest BCUT2D eigenvalue weighted by Gasteiger charge is -2.41. The number of morpholine rings is 1. The molecule has 2 aliphatic heterocycles. The summed E-state index contributed by atoms with van der Waals surface area (Å²) in [5, 5.41) is 2.66. The van der Waals surface area contributed by atoms with Crippen LogP contribution in [0.5, 0.6) is 0 Å². The number of alkyl halides is 3. The molecular weight excluding hydrogens is 427 g/mol. The predicted octanol–water partition coefficient (Wildman–Crippen LogP) is 3.70. The average Bonchev–Trinajstić information content (AvgIpc) is 2.76. The second-order valence-electron chi connectivity index (χ2n) is 8.60. The van der Waals surface area contributed by atoms with Crippen molar-refractivity contribution in [2.75, 3.05) is 46.0 Å². The van der Waals surface area contributed by atoms with Crippen molar-refractivity contribution in [2.24, 2.45) is 5.92 Å². The number of piperidine rings is 1. The van der Waals surface area contributed by atoms with E-state index in [9.17, 15) is 22.8 Å². The largest absolute Gasteiger partial charge is 0.449 e. The lowest BCUT2D eigenvalue weighted by Crippen LogP contribution is -2.53. The Morgan fingerprint density at radius 2 is 1.78 bits per heavy atom. The van der Waals surface area contributed by atoms with Crippen LogP contribution < -0.4 is 5.32 Å². The summed E-state index contributed by atoms with van der Waals surface area (Å²) in [6, 6.07) is 4.90. The molecule has 178 valence electrons. The molecule has 0 spiro atoms. The van der Waals surface area contributed by atoms with E-state index < -0.39 is 17.8 Å². The molecule has 2 atom stereocenters. The number of rotatable bonds is 4. The fraction of sp³-hybridized carbons (Fsp3) is 0.636. The van der Waals surface area contributed by atoms with Crippen LogP contribution >= 0.6 is 0 Å². The lowest BCUT2D eigenvalue weighted by molar-refractivity contribution is -0.137. The Hall–Kier alpha value is -2.49. The van der Waals surface area contributed by atoms with E-state index in [0.717, 1.165) is 17.7 Å². The molecule has 0 radical (unpaired) electrons. The number of hydrogen-bond acceptors (Lipinski definition) is 4. The maximum Gasteiger partial charge on any atom is 0.416 e. The van der Waals surface area contributed by atoms with Gasteiger partial charge in [0.1, 0.15) is 0 Å². The Morgan fingerprint density at radius 3 is 2.38 bits per heavy atom. The predicted molar refractivity (Wildman–Crippen MR) is 111 cm³/mol. The molecule has 7 nitrogen and oxygen atoms in total. The molecule has 0 saturated carbocycles. The number of ether oxygens (including phenoxy) is 2. The minimum absolute atomic E-state index is 0.0619. The second kappa shape index (κ2) is 10.4. The lowest BCUT2D eigenvalue weighted by atomic mass is 9.84. The van der Waals surface area contributed by atoms with Gasteiger partial charge in [-0.25, -0.2) is 9.59 Å². The summed E-state index contributed by atoms with van der Waals surface area (Å²) in [6.07, 6.45) is -4.32. The Kier molecular flexibility index (Phi) is 7.86. The summed E-state index contributed by atoms with van der Waals surface area (Å²) in [5.41, 5.74) is 0.0256. The van der Waals surface area contributed by atoms with E-state index in [4.69, 9.17) is 9.47 Å². The summed E-state index contributed by atoms with van der Waals surface area (Å²) in [7, 11) is 0. The van der Waals surface area contributed by atoms with Crippen LogP contribution in [0.2, 0.25) is 0 Å². The number of carbonyl (C=O) groups is 2. The summed E-state index contributed by atoms with van der Waals surface area (Å²) >= 11 is 0. The molecule has 1 N–H and O–H groups in total. The first-order chi connectivity index (χ1) is 15.1. The first-order valence-electron chi connectivity index (χ1n) is 10.9. The van der Waals surface area contributed by atoms with E-state index in [1.54, 1.807) is 9.80 Å². The van der Waals surface area contributed by atoms with Crippen molar-refractivity contribution in [3.05, 3.63) is 35.4 Å². The zero-order valence-electron chi connectivity index (χ0n) is 18.4. The molecule has 2 saturated heterocycles. The van der Waals surface area contributed by atoms with Crippen molar-refractivity contribution in [1.82, 2.24) is 15.1 Å². The molecule has 2 unspecified atom stereocenters. The first kappa shape index (κ1) is 24.2. The van der Waals surface area contributed by atoms with Gasteiger partial charge in [0.15, 0.2) is 0 Å². The molecule has 0 bridgehead atoms. The summed E-state index contributed by atoms with van der Waals surface area (Å²) in [4.78, 5) is 28.4. The summed E-state index contributed by atoms with van der Waals surface area (Å²) in [6.45, 7) is 6.54. The zero-order chi connectivity index (χ0) is 23.3. The van der Waals surface area contributed by atoms with E-state index in [2.05, 4.69) is 5.32 Å². The van der Waals surface area contributed by atoms with Crippen molar-refractivity contribution in [1.29, 1.82) is 0 Å². The van der Waals surface area contributed by atoms with Crippen molar-refractivity contribution >= 4 is 12.1 Å². The Bertz CT molecular complexity index is 780. The Morgan fingerprint density at radius 1 is 1.12 bits per heavy atom. The molecule has 1 aromatic carbocycles. The third-order valence-electron chi connectivity index (χ3n) is 5.66. The minimum Gasteiger partial charge on any atom is -0.449 e. The van der Waals surface area contributed by atoms with Gasteiger partial charge in [0.2, 0.25) is 0 Å². The smallest absolute Gasteiger partial charge is 0.416 e. The molecule has 0 aliphatic carbocycles. The second-order valence-corrected chi connectivity index (χ2v) is 8.60. The van der Waals surface area contributed by atoms with Crippen LogP contribution in [0.4, 0.5) is 22.8 Å². The number of benzene rings is 1. The van der Waals surface area contributed by atoms with Gasteiger partial charge in [0.05, 0.1) is 25.4 Å². The van der Waals surface area contributed by atoms with E-state index >= 15 is 0 Å². The van der Waals surface area contributed by atoms with Gasteiger partial charge in [-0.15, -0.1) is 0 Å². The minimum atomic E-state index is -4.40. The van der Waals surface area contributed by atoms with Gasteiger partial charge in [-0.1, -0.05) is 12.1 Å². The monoisotopic (exact) mass is 457 g/mol. The highest BCUT2D eigenvalue weighted by Crippen LogP contribution is 2.34. The normalized spacial score (nSPS) is 22.1. The molecule has 1 aromatic rings. The number of nitrogens with zero attached hydrogens (tertiary/aromatic N) is 2. The number of amides is 3. The summed E-state index contributed by atoms with van der Waals surface area (Å²) in [5.74, 6) is -0.281. The molecule has 10 heteroatoms. The molecule has 2 heterocycles. The maximum absolute atomic E-state index is 13.1. The number of carbonyl (C=O) groups excluding carboxylic acids is 2. The highest BCUT2D eigenvalue weighted by atomic mass is 19.4.